The summed E-state index contributed by atoms with van der Waals surface area (Å²) in [5.74, 6) is -4.54. The molecular weight excluding hydrogens is 888 g/mol. The second-order valence-electron chi connectivity index (χ2n) is 15.0. The number of benzene rings is 5. The lowest BCUT2D eigenvalue weighted by Crippen LogP contribution is -2.49. The van der Waals surface area contributed by atoms with E-state index in [9.17, 15) is 28.8 Å². The normalized spacial score (nSPS) is 16.6. The molecule has 0 radical (unpaired) electrons. The van der Waals surface area contributed by atoms with E-state index in [1.807, 2.05) is 0 Å². The number of halogens is 2. The van der Waals surface area contributed by atoms with Crippen LogP contribution in [0.3, 0.4) is 0 Å². The van der Waals surface area contributed by atoms with Crippen molar-refractivity contribution in [3.63, 3.8) is 0 Å². The molecule has 0 bridgehead atoms. The Bertz CT molecular complexity index is 1980. The quantitative estimate of drug-likeness (QED) is 0.129. The topological polar surface area (TPSA) is 115 Å². The Morgan fingerprint density at radius 3 is 0.950 bits per heavy atom. The molecule has 2 saturated heterocycles. The first kappa shape index (κ1) is 45.7. The smallest absolute Gasteiger partial charge is 0.267 e. The van der Waals surface area contributed by atoms with Gasteiger partial charge in [0, 0.05) is 48.4 Å². The highest BCUT2D eigenvalue weighted by Crippen LogP contribution is 2.26. The predicted molar refractivity (Wildman–Crippen MR) is 240 cm³/mol. The van der Waals surface area contributed by atoms with Gasteiger partial charge >= 0.3 is 0 Å². The van der Waals surface area contributed by atoms with Gasteiger partial charge in [-0.05, 0) is 98.4 Å². The molecule has 6 amide bonds. The summed E-state index contributed by atoms with van der Waals surface area (Å²) in [6, 6.07) is 41.9. The van der Waals surface area contributed by atoms with Gasteiger partial charge in [-0.3, -0.25) is 38.6 Å². The molecule has 5 aromatic carbocycles. The van der Waals surface area contributed by atoms with Gasteiger partial charge in [0.1, 0.15) is 0 Å². The van der Waals surface area contributed by atoms with Crippen molar-refractivity contribution in [3.8, 4) is 0 Å². The summed E-state index contributed by atoms with van der Waals surface area (Å²) in [5, 5.41) is 0. The average Bonchev–Trinajstić information content (AvgIpc) is 3.28. The molecule has 2 heterocycles. The van der Waals surface area contributed by atoms with Crippen molar-refractivity contribution in [1.29, 1.82) is 0 Å². The molecule has 2 atom stereocenters. The number of likely N-dealkylation sites (tertiary alicyclic amines) is 2. The second-order valence-corrected chi connectivity index (χ2v) is 15.0. The van der Waals surface area contributed by atoms with Crippen molar-refractivity contribution in [2.75, 3.05) is 26.2 Å². The van der Waals surface area contributed by atoms with Gasteiger partial charge in [0.05, 0.1) is 11.8 Å². The summed E-state index contributed by atoms with van der Waals surface area (Å²) in [6.45, 7) is 3.60. The minimum absolute atomic E-state index is 0. The Morgan fingerprint density at radius 2 is 0.683 bits per heavy atom. The summed E-state index contributed by atoms with van der Waals surface area (Å²) in [4.78, 5) is 88.8. The predicted octanol–water partition coefficient (Wildman–Crippen LogP) is 8.29. The van der Waals surface area contributed by atoms with Crippen molar-refractivity contribution in [3.05, 3.63) is 179 Å². The number of carbonyl (C=O) groups is 6. The molecule has 0 aliphatic carbocycles. The fraction of sp³-hybridized carbons (Fsp3) is 0.250. The molecule has 5 aromatic rings. The van der Waals surface area contributed by atoms with E-state index in [0.29, 0.717) is 39.0 Å². The summed E-state index contributed by atoms with van der Waals surface area (Å²) in [7, 11) is 0. The number of imide groups is 6. The minimum Gasteiger partial charge on any atom is -0.298 e. The van der Waals surface area contributed by atoms with Crippen molar-refractivity contribution in [1.82, 2.24) is 19.6 Å². The number of nitrogens with zero attached hydrogens (tertiary/aromatic N) is 4. The van der Waals surface area contributed by atoms with E-state index in [0.717, 1.165) is 46.9 Å². The van der Waals surface area contributed by atoms with Crippen molar-refractivity contribution in [2.45, 2.75) is 38.8 Å². The van der Waals surface area contributed by atoms with Crippen LogP contribution in [0.15, 0.2) is 146 Å². The van der Waals surface area contributed by atoms with Crippen LogP contribution in [0.2, 0.25) is 0 Å². The van der Waals surface area contributed by atoms with Crippen molar-refractivity contribution >= 4 is 69.4 Å². The van der Waals surface area contributed by atoms with E-state index in [4.69, 9.17) is 0 Å². The van der Waals surface area contributed by atoms with E-state index in [2.05, 4.69) is 34.1 Å². The van der Waals surface area contributed by atoms with Crippen LogP contribution in [0.4, 0.5) is 0 Å². The van der Waals surface area contributed by atoms with E-state index in [1.54, 1.807) is 121 Å². The molecular formula is C48H48Br2N4O6. The first-order chi connectivity index (χ1) is 28.3. The van der Waals surface area contributed by atoms with E-state index < -0.39 is 47.3 Å². The summed E-state index contributed by atoms with van der Waals surface area (Å²) < 4.78 is 0. The molecule has 0 N–H and O–H groups in total. The van der Waals surface area contributed by atoms with Gasteiger partial charge in [0.25, 0.3) is 23.6 Å². The lowest BCUT2D eigenvalue weighted by atomic mass is 9.94. The zero-order chi connectivity index (χ0) is 40.4. The monoisotopic (exact) mass is 934 g/mol. The fourth-order valence-corrected chi connectivity index (χ4v) is 7.86. The summed E-state index contributed by atoms with van der Waals surface area (Å²) in [5.41, 5.74) is 3.23. The van der Waals surface area contributed by atoms with Crippen molar-refractivity contribution in [2.24, 2.45) is 11.8 Å². The third kappa shape index (κ3) is 11.0. The molecule has 0 saturated carbocycles. The van der Waals surface area contributed by atoms with Crippen LogP contribution in [0.5, 0.6) is 0 Å². The summed E-state index contributed by atoms with van der Waals surface area (Å²) >= 11 is 0. The highest BCUT2D eigenvalue weighted by atomic mass is 79.9. The number of hydrogen-bond donors (Lipinski definition) is 0. The van der Waals surface area contributed by atoms with Crippen LogP contribution in [0.25, 0.3) is 0 Å². The van der Waals surface area contributed by atoms with Gasteiger partial charge in [-0.1, -0.05) is 97.1 Å². The largest absolute Gasteiger partial charge is 0.298 e. The minimum atomic E-state index is -0.629. The highest BCUT2D eigenvalue weighted by Gasteiger charge is 2.38. The molecule has 7 rings (SSSR count). The Hall–Kier alpha value is -5.40. The zero-order valence-corrected chi connectivity index (χ0v) is 36.6. The van der Waals surface area contributed by atoms with Gasteiger partial charge < -0.3 is 0 Å². The number of rotatable bonds is 10. The Morgan fingerprint density at radius 1 is 0.417 bits per heavy atom. The van der Waals surface area contributed by atoms with Crippen LogP contribution in [0.1, 0.15) is 78.2 Å². The average molecular weight is 937 g/mol. The van der Waals surface area contributed by atoms with Crippen LogP contribution in [-0.2, 0) is 22.7 Å². The molecule has 2 fully saturated rings. The van der Waals surface area contributed by atoms with Crippen LogP contribution in [0, 0.1) is 11.8 Å². The maximum absolute atomic E-state index is 14.1. The van der Waals surface area contributed by atoms with E-state index in [1.165, 1.54) is 0 Å². The number of amides is 6. The van der Waals surface area contributed by atoms with Crippen molar-refractivity contribution < 1.29 is 28.8 Å². The zero-order valence-electron chi connectivity index (χ0n) is 33.1. The van der Waals surface area contributed by atoms with E-state index in [-0.39, 0.29) is 56.2 Å². The van der Waals surface area contributed by atoms with Gasteiger partial charge in [0.2, 0.25) is 11.8 Å². The molecule has 2 aliphatic heterocycles. The third-order valence-corrected chi connectivity index (χ3v) is 10.9. The SMILES string of the molecule is Br.Br.O=C(c1ccccc1)N(C(=O)c1ccccc1)C(=O)C1CCCN(Cc2ccc(CN3CCCC(C(=O)N(C(=O)c4ccccc4)C(=O)c4ccccc4)C3)cc2)C1. The molecule has 10 nitrogen and oxygen atoms in total. The number of piperidine rings is 2. The second kappa shape index (κ2) is 21.7. The first-order valence-corrected chi connectivity index (χ1v) is 19.8. The Balaban J connectivity index is 0.00000341. The van der Waals surface area contributed by atoms with Crippen LogP contribution in [-0.4, -0.2) is 81.2 Å². The lowest BCUT2D eigenvalue weighted by molar-refractivity contribution is -0.133. The Kier molecular flexibility index (Phi) is 16.5. The number of hydrogen-bond acceptors (Lipinski definition) is 8. The molecule has 2 unspecified atom stereocenters. The fourth-order valence-electron chi connectivity index (χ4n) is 7.86. The lowest BCUT2D eigenvalue weighted by Gasteiger charge is -2.34. The molecule has 2 aliphatic rings. The maximum Gasteiger partial charge on any atom is 0.267 e. The van der Waals surface area contributed by atoms with Gasteiger partial charge in [-0.2, -0.15) is 0 Å². The molecule has 0 spiro atoms. The molecule has 0 aromatic heterocycles. The van der Waals surface area contributed by atoms with Crippen LogP contribution >= 0.6 is 34.0 Å². The molecule has 60 heavy (non-hydrogen) atoms. The van der Waals surface area contributed by atoms with Gasteiger partial charge in [0.15, 0.2) is 0 Å². The Labute approximate surface area is 371 Å². The van der Waals surface area contributed by atoms with E-state index >= 15 is 0 Å². The third-order valence-electron chi connectivity index (χ3n) is 10.9. The standard InChI is InChI=1S/C48H46N4O6.2BrH/c53-43(37-15-5-1-6-16-37)51(44(54)38-17-7-2-8-18-38)47(57)41-23-13-29-49(33-41)31-35-25-27-36(28-26-35)32-50-30-14-24-42(34-50)48(58)52(45(55)39-19-9-3-10-20-39)46(56)40-21-11-4-12-22-40;;/h1-12,15-22,25-28,41-42H,13-14,23-24,29-34H2;2*1H. The highest BCUT2D eigenvalue weighted by molar-refractivity contribution is 8.93. The molecule has 310 valence electrons. The van der Waals surface area contributed by atoms with Crippen LogP contribution < -0.4 is 0 Å². The maximum atomic E-state index is 14.1. The first-order valence-electron chi connectivity index (χ1n) is 19.8. The molecule has 12 heteroatoms. The summed E-state index contributed by atoms with van der Waals surface area (Å²) in [6.07, 6.45) is 2.66. The number of carbonyl (C=O) groups excluding carboxylic acids is 6. The van der Waals surface area contributed by atoms with Gasteiger partial charge in [-0.15, -0.1) is 34.0 Å². The van der Waals surface area contributed by atoms with Gasteiger partial charge in [-0.25, -0.2) is 9.80 Å².